The van der Waals surface area contributed by atoms with E-state index in [1.165, 1.54) is 35.9 Å². The number of hydrogen-bond donors (Lipinski definition) is 1. The lowest BCUT2D eigenvalue weighted by Gasteiger charge is -2.23. The quantitative estimate of drug-likeness (QED) is 0.791. The summed E-state index contributed by atoms with van der Waals surface area (Å²) < 4.78 is 5.35. The Morgan fingerprint density at radius 1 is 1.33 bits per heavy atom. The van der Waals surface area contributed by atoms with Crippen molar-refractivity contribution in [2.24, 2.45) is 0 Å². The topological polar surface area (TPSA) is 25.0 Å². The third-order valence-corrected chi connectivity index (χ3v) is 3.41. The molecule has 1 saturated carbocycles. The first-order valence-electron chi connectivity index (χ1n) is 5.54. The Labute approximate surface area is 89.3 Å². The molecule has 0 saturated heterocycles. The summed E-state index contributed by atoms with van der Waals surface area (Å²) in [7, 11) is 1.73. The van der Waals surface area contributed by atoms with Gasteiger partial charge in [0, 0.05) is 16.6 Å². The molecule has 0 spiro atoms. The van der Waals surface area contributed by atoms with Gasteiger partial charge in [-0.1, -0.05) is 12.5 Å². The van der Waals surface area contributed by atoms with Gasteiger partial charge in [0.2, 0.25) is 0 Å². The maximum atomic E-state index is 5.35. The molecule has 15 heavy (non-hydrogen) atoms. The van der Waals surface area contributed by atoms with Gasteiger partial charge in [-0.3, -0.25) is 0 Å². The van der Waals surface area contributed by atoms with Crippen molar-refractivity contribution in [2.75, 3.05) is 7.11 Å². The lowest BCUT2D eigenvalue weighted by atomic mass is 9.83. The maximum absolute atomic E-state index is 5.35. The molecule has 1 fully saturated rings. The van der Waals surface area contributed by atoms with Crippen LogP contribution in [0.3, 0.4) is 0 Å². The van der Waals surface area contributed by atoms with Gasteiger partial charge in [0.15, 0.2) is 0 Å². The van der Waals surface area contributed by atoms with E-state index in [4.69, 9.17) is 4.74 Å². The van der Waals surface area contributed by atoms with Crippen molar-refractivity contribution >= 4 is 10.9 Å². The fourth-order valence-corrected chi connectivity index (χ4v) is 2.27. The molecule has 3 rings (SSSR count). The number of fused-ring (bicyclic) bond motifs is 1. The van der Waals surface area contributed by atoms with Crippen LogP contribution in [-0.4, -0.2) is 12.1 Å². The van der Waals surface area contributed by atoms with Crippen molar-refractivity contribution in [2.45, 2.75) is 25.2 Å². The SMILES string of the molecule is COc1cccc2[nH]c(C3CCC3)cc12. The van der Waals surface area contributed by atoms with Gasteiger partial charge in [-0.05, 0) is 37.0 Å². The molecule has 0 unspecified atom stereocenters. The average molecular weight is 201 g/mol. The lowest BCUT2D eigenvalue weighted by Crippen LogP contribution is -2.08. The van der Waals surface area contributed by atoms with Crippen molar-refractivity contribution in [1.29, 1.82) is 0 Å². The summed E-state index contributed by atoms with van der Waals surface area (Å²) in [5.41, 5.74) is 2.57. The van der Waals surface area contributed by atoms with Gasteiger partial charge in [-0.25, -0.2) is 0 Å². The zero-order chi connectivity index (χ0) is 10.3. The summed E-state index contributed by atoms with van der Waals surface area (Å²) in [6.07, 6.45) is 4.03. The maximum Gasteiger partial charge on any atom is 0.128 e. The summed E-state index contributed by atoms with van der Waals surface area (Å²) in [6, 6.07) is 8.40. The van der Waals surface area contributed by atoms with Crippen molar-refractivity contribution in [3.8, 4) is 5.75 Å². The predicted octanol–water partition coefficient (Wildman–Crippen LogP) is 3.44. The molecule has 1 aromatic heterocycles. The van der Waals surface area contributed by atoms with Crippen LogP contribution in [0.1, 0.15) is 30.9 Å². The predicted molar refractivity (Wildman–Crippen MR) is 61.4 cm³/mol. The summed E-state index contributed by atoms with van der Waals surface area (Å²) in [6.45, 7) is 0. The highest BCUT2D eigenvalue weighted by atomic mass is 16.5. The fourth-order valence-electron chi connectivity index (χ4n) is 2.27. The third-order valence-electron chi connectivity index (χ3n) is 3.41. The smallest absolute Gasteiger partial charge is 0.128 e. The molecule has 2 aromatic rings. The van der Waals surface area contributed by atoms with Crippen LogP contribution in [0.4, 0.5) is 0 Å². The molecule has 1 aromatic carbocycles. The molecule has 1 aliphatic rings. The first kappa shape index (κ1) is 8.84. The van der Waals surface area contributed by atoms with Crippen LogP contribution in [0.15, 0.2) is 24.3 Å². The molecular weight excluding hydrogens is 186 g/mol. The monoisotopic (exact) mass is 201 g/mol. The number of aromatic amines is 1. The molecule has 2 heteroatoms. The van der Waals surface area contributed by atoms with Crippen molar-refractivity contribution in [3.05, 3.63) is 30.0 Å². The van der Waals surface area contributed by atoms with Crippen LogP contribution in [0, 0.1) is 0 Å². The molecule has 0 aliphatic heterocycles. The van der Waals surface area contributed by atoms with Gasteiger partial charge in [0.05, 0.1) is 7.11 Å². The van der Waals surface area contributed by atoms with E-state index in [0.29, 0.717) is 0 Å². The Morgan fingerprint density at radius 2 is 2.20 bits per heavy atom. The van der Waals surface area contributed by atoms with Crippen molar-refractivity contribution in [3.63, 3.8) is 0 Å². The van der Waals surface area contributed by atoms with Crippen LogP contribution in [0.25, 0.3) is 10.9 Å². The standard InChI is InChI=1S/C13H15NO/c1-15-13-7-3-6-11-10(13)8-12(14-11)9-4-2-5-9/h3,6-9,14H,2,4-5H2,1H3. The van der Waals surface area contributed by atoms with Gasteiger partial charge in [0.1, 0.15) is 5.75 Å². The Kier molecular flexibility index (Phi) is 1.94. The number of hydrogen-bond acceptors (Lipinski definition) is 1. The number of nitrogens with one attached hydrogen (secondary N) is 1. The zero-order valence-electron chi connectivity index (χ0n) is 8.92. The second-order valence-electron chi connectivity index (χ2n) is 4.27. The van der Waals surface area contributed by atoms with E-state index in [1.54, 1.807) is 7.11 Å². The number of rotatable bonds is 2. The number of H-pyrrole nitrogens is 1. The van der Waals surface area contributed by atoms with Crippen molar-refractivity contribution < 1.29 is 4.74 Å². The minimum absolute atomic E-state index is 0.752. The summed E-state index contributed by atoms with van der Waals surface area (Å²) in [4.78, 5) is 3.49. The van der Waals surface area contributed by atoms with E-state index in [-0.39, 0.29) is 0 Å². The molecule has 2 nitrogen and oxygen atoms in total. The zero-order valence-corrected chi connectivity index (χ0v) is 8.92. The van der Waals surface area contributed by atoms with E-state index in [0.717, 1.165) is 11.7 Å². The molecule has 0 atom stereocenters. The highest BCUT2D eigenvalue weighted by Crippen LogP contribution is 2.38. The fraction of sp³-hybridized carbons (Fsp3) is 0.385. The summed E-state index contributed by atoms with van der Waals surface area (Å²) in [5, 5.41) is 1.21. The minimum Gasteiger partial charge on any atom is -0.496 e. The third kappa shape index (κ3) is 1.32. The minimum atomic E-state index is 0.752. The van der Waals surface area contributed by atoms with Gasteiger partial charge in [-0.15, -0.1) is 0 Å². The number of methoxy groups -OCH3 is 1. The van der Waals surface area contributed by atoms with Gasteiger partial charge in [0.25, 0.3) is 0 Å². The van der Waals surface area contributed by atoms with E-state index >= 15 is 0 Å². The van der Waals surface area contributed by atoms with Crippen LogP contribution >= 0.6 is 0 Å². The molecule has 1 heterocycles. The van der Waals surface area contributed by atoms with Gasteiger partial charge >= 0.3 is 0 Å². The number of aromatic nitrogens is 1. The van der Waals surface area contributed by atoms with Crippen molar-refractivity contribution in [1.82, 2.24) is 4.98 Å². The molecule has 78 valence electrons. The van der Waals surface area contributed by atoms with E-state index in [2.05, 4.69) is 17.1 Å². The average Bonchev–Trinajstić information content (AvgIpc) is 2.57. The Morgan fingerprint density at radius 3 is 2.87 bits per heavy atom. The summed E-state index contributed by atoms with van der Waals surface area (Å²) >= 11 is 0. The molecule has 0 bridgehead atoms. The molecule has 0 amide bonds. The summed E-state index contributed by atoms with van der Waals surface area (Å²) in [5.74, 6) is 1.72. The molecule has 0 radical (unpaired) electrons. The first-order valence-corrected chi connectivity index (χ1v) is 5.54. The van der Waals surface area contributed by atoms with Crippen LogP contribution in [-0.2, 0) is 0 Å². The Balaban J connectivity index is 2.12. The Bertz CT molecular complexity index is 482. The molecular formula is C13H15NO. The van der Waals surface area contributed by atoms with E-state index in [1.807, 2.05) is 12.1 Å². The highest BCUT2D eigenvalue weighted by Gasteiger charge is 2.21. The largest absolute Gasteiger partial charge is 0.496 e. The van der Waals surface area contributed by atoms with E-state index < -0.39 is 0 Å². The lowest BCUT2D eigenvalue weighted by molar-refractivity contribution is 0.412. The molecule has 1 N–H and O–H groups in total. The van der Waals surface area contributed by atoms with Gasteiger partial charge < -0.3 is 9.72 Å². The van der Waals surface area contributed by atoms with Gasteiger partial charge in [-0.2, -0.15) is 0 Å². The normalized spacial score (nSPS) is 16.6. The Hall–Kier alpha value is -1.44. The highest BCUT2D eigenvalue weighted by molar-refractivity contribution is 5.86. The van der Waals surface area contributed by atoms with E-state index in [9.17, 15) is 0 Å². The second-order valence-corrected chi connectivity index (χ2v) is 4.27. The molecule has 1 aliphatic carbocycles. The van der Waals surface area contributed by atoms with Crippen LogP contribution < -0.4 is 4.74 Å². The van der Waals surface area contributed by atoms with Crippen LogP contribution in [0.2, 0.25) is 0 Å². The van der Waals surface area contributed by atoms with Crippen LogP contribution in [0.5, 0.6) is 5.75 Å². The number of benzene rings is 1. The second kappa shape index (κ2) is 3.30. The number of ether oxygens (including phenoxy) is 1. The first-order chi connectivity index (χ1) is 7.38.